The average molecular weight is 273 g/mol. The molecule has 2 rings (SSSR count). The number of nitriles is 1. The van der Waals surface area contributed by atoms with Gasteiger partial charge in [0.1, 0.15) is 11.8 Å². The summed E-state index contributed by atoms with van der Waals surface area (Å²) in [4.78, 5) is 23.0. The van der Waals surface area contributed by atoms with Crippen LogP contribution in [0, 0.1) is 17.2 Å². The molecule has 104 valence electrons. The van der Waals surface area contributed by atoms with Crippen LogP contribution in [0.3, 0.4) is 0 Å². The largest absolute Gasteiger partial charge is 0.482 e. The van der Waals surface area contributed by atoms with E-state index in [1.54, 1.807) is 24.3 Å². The van der Waals surface area contributed by atoms with Gasteiger partial charge in [0.25, 0.3) is 5.91 Å². The van der Waals surface area contributed by atoms with Crippen molar-refractivity contribution in [2.75, 3.05) is 6.61 Å². The van der Waals surface area contributed by atoms with Crippen LogP contribution in [-0.2, 0) is 9.59 Å². The predicted molar refractivity (Wildman–Crippen MR) is 70.3 cm³/mol. The van der Waals surface area contributed by atoms with Gasteiger partial charge in [-0.05, 0) is 25.0 Å². The van der Waals surface area contributed by atoms with Gasteiger partial charge in [-0.15, -0.1) is 0 Å². The van der Waals surface area contributed by atoms with Crippen molar-refractivity contribution in [1.29, 1.82) is 5.26 Å². The van der Waals surface area contributed by atoms with Gasteiger partial charge in [-0.3, -0.25) is 20.4 Å². The number of nitrogens with zero attached hydrogens (tertiary/aromatic N) is 1. The third-order valence-corrected chi connectivity index (χ3v) is 3.17. The number of hydrogen-bond acceptors (Lipinski definition) is 4. The number of hydrazine groups is 1. The van der Waals surface area contributed by atoms with Crippen LogP contribution in [0.5, 0.6) is 5.75 Å². The number of amides is 2. The average Bonchev–Trinajstić information content (AvgIpc) is 2.41. The van der Waals surface area contributed by atoms with E-state index in [0.29, 0.717) is 11.3 Å². The van der Waals surface area contributed by atoms with Gasteiger partial charge in [0.15, 0.2) is 6.61 Å². The Morgan fingerprint density at radius 3 is 2.70 bits per heavy atom. The van der Waals surface area contributed by atoms with Gasteiger partial charge < -0.3 is 4.74 Å². The maximum atomic E-state index is 11.5. The van der Waals surface area contributed by atoms with Crippen molar-refractivity contribution in [1.82, 2.24) is 10.9 Å². The Bertz CT molecular complexity index is 547. The molecule has 0 atom stereocenters. The molecule has 1 aromatic rings. The van der Waals surface area contributed by atoms with Crippen LogP contribution in [0.1, 0.15) is 24.8 Å². The Kier molecular flexibility index (Phi) is 4.56. The van der Waals surface area contributed by atoms with Crippen LogP contribution in [-0.4, -0.2) is 18.4 Å². The van der Waals surface area contributed by atoms with Crippen molar-refractivity contribution in [2.24, 2.45) is 5.92 Å². The first kappa shape index (κ1) is 13.9. The minimum atomic E-state index is -0.467. The lowest BCUT2D eigenvalue weighted by molar-refractivity contribution is -0.133. The molecule has 0 bridgehead atoms. The predicted octanol–water partition coefficient (Wildman–Crippen LogP) is 0.885. The molecule has 2 amide bonds. The Morgan fingerprint density at radius 2 is 2.05 bits per heavy atom. The third-order valence-electron chi connectivity index (χ3n) is 3.17. The van der Waals surface area contributed by atoms with E-state index in [-0.39, 0.29) is 18.4 Å². The lowest BCUT2D eigenvalue weighted by Crippen LogP contribution is -2.47. The van der Waals surface area contributed by atoms with Crippen molar-refractivity contribution in [3.63, 3.8) is 0 Å². The molecule has 1 aliphatic carbocycles. The smallest absolute Gasteiger partial charge is 0.276 e. The number of rotatable bonds is 4. The van der Waals surface area contributed by atoms with E-state index >= 15 is 0 Å². The van der Waals surface area contributed by atoms with Gasteiger partial charge >= 0.3 is 0 Å². The molecular formula is C14H15N3O3. The topological polar surface area (TPSA) is 91.2 Å². The van der Waals surface area contributed by atoms with Crippen molar-refractivity contribution in [3.8, 4) is 11.8 Å². The molecule has 0 spiro atoms. The molecule has 1 aromatic carbocycles. The van der Waals surface area contributed by atoms with Gasteiger partial charge in [0.05, 0.1) is 5.56 Å². The third kappa shape index (κ3) is 3.48. The highest BCUT2D eigenvalue weighted by Gasteiger charge is 2.25. The molecule has 6 heteroatoms. The molecule has 0 unspecified atom stereocenters. The van der Waals surface area contributed by atoms with Crippen LogP contribution in [0.15, 0.2) is 24.3 Å². The summed E-state index contributed by atoms with van der Waals surface area (Å²) in [5, 5.41) is 8.87. The van der Waals surface area contributed by atoms with E-state index < -0.39 is 5.91 Å². The Morgan fingerprint density at radius 1 is 1.30 bits per heavy atom. The highest BCUT2D eigenvalue weighted by atomic mass is 16.5. The lowest BCUT2D eigenvalue weighted by Gasteiger charge is -2.23. The molecule has 0 saturated heterocycles. The van der Waals surface area contributed by atoms with E-state index in [4.69, 9.17) is 10.00 Å². The van der Waals surface area contributed by atoms with Crippen molar-refractivity contribution >= 4 is 11.8 Å². The highest BCUT2D eigenvalue weighted by molar-refractivity contribution is 5.84. The summed E-state index contributed by atoms with van der Waals surface area (Å²) in [7, 11) is 0. The second kappa shape index (κ2) is 6.57. The molecule has 1 fully saturated rings. The van der Waals surface area contributed by atoms with Crippen molar-refractivity contribution in [2.45, 2.75) is 19.3 Å². The number of ether oxygens (including phenoxy) is 1. The maximum absolute atomic E-state index is 11.5. The summed E-state index contributed by atoms with van der Waals surface area (Å²) in [5.41, 5.74) is 5.02. The molecule has 20 heavy (non-hydrogen) atoms. The Balaban J connectivity index is 1.74. The molecule has 6 nitrogen and oxygen atoms in total. The van der Waals surface area contributed by atoms with Crippen LogP contribution in [0.4, 0.5) is 0 Å². The van der Waals surface area contributed by atoms with E-state index in [9.17, 15) is 9.59 Å². The molecule has 0 radical (unpaired) electrons. The Labute approximate surface area is 116 Å². The maximum Gasteiger partial charge on any atom is 0.276 e. The summed E-state index contributed by atoms with van der Waals surface area (Å²) in [6.45, 7) is -0.260. The number of hydrogen-bond donors (Lipinski definition) is 2. The van der Waals surface area contributed by atoms with Gasteiger partial charge in [0, 0.05) is 5.92 Å². The monoisotopic (exact) mass is 273 g/mol. The summed E-state index contributed by atoms with van der Waals surface area (Å²) < 4.78 is 5.24. The zero-order valence-corrected chi connectivity index (χ0v) is 10.9. The zero-order valence-electron chi connectivity index (χ0n) is 10.9. The van der Waals surface area contributed by atoms with Crippen LogP contribution >= 0.6 is 0 Å². The number of nitrogens with one attached hydrogen (secondary N) is 2. The molecule has 1 saturated carbocycles. The minimum absolute atomic E-state index is 0.00975. The number of benzene rings is 1. The summed E-state index contributed by atoms with van der Waals surface area (Å²) >= 11 is 0. The quantitative estimate of drug-likeness (QED) is 0.797. The molecule has 0 heterocycles. The highest BCUT2D eigenvalue weighted by Crippen LogP contribution is 2.25. The number of carbonyl (C=O) groups excluding carboxylic acids is 2. The standard InChI is InChI=1S/C14H15N3O3/c15-8-11-4-1-2-7-12(11)20-9-13(18)16-17-14(19)10-5-3-6-10/h1-2,4,7,10H,3,5-6,9H2,(H,16,18)(H,17,19). The fraction of sp³-hybridized carbons (Fsp3) is 0.357. The fourth-order valence-electron chi connectivity index (χ4n) is 1.77. The molecular weight excluding hydrogens is 258 g/mol. The first-order chi connectivity index (χ1) is 9.70. The number of para-hydroxylation sites is 1. The summed E-state index contributed by atoms with van der Waals surface area (Å²) in [5.74, 6) is -0.279. The van der Waals surface area contributed by atoms with Gasteiger partial charge in [0.2, 0.25) is 5.91 Å². The summed E-state index contributed by atoms with van der Waals surface area (Å²) in [6.07, 6.45) is 2.79. The van der Waals surface area contributed by atoms with E-state index in [1.807, 2.05) is 6.07 Å². The molecule has 2 N–H and O–H groups in total. The number of carbonyl (C=O) groups is 2. The molecule has 0 aliphatic heterocycles. The second-order valence-corrected chi connectivity index (χ2v) is 4.56. The van der Waals surface area contributed by atoms with E-state index in [0.717, 1.165) is 19.3 Å². The first-order valence-electron chi connectivity index (χ1n) is 6.41. The fourth-order valence-corrected chi connectivity index (χ4v) is 1.77. The van der Waals surface area contributed by atoms with E-state index in [1.165, 1.54) is 0 Å². The van der Waals surface area contributed by atoms with Crippen LogP contribution < -0.4 is 15.6 Å². The normalized spacial score (nSPS) is 13.8. The second-order valence-electron chi connectivity index (χ2n) is 4.56. The van der Waals surface area contributed by atoms with Gasteiger partial charge in [-0.25, -0.2) is 0 Å². The van der Waals surface area contributed by atoms with Crippen molar-refractivity contribution in [3.05, 3.63) is 29.8 Å². The zero-order chi connectivity index (χ0) is 14.4. The first-order valence-corrected chi connectivity index (χ1v) is 6.41. The van der Waals surface area contributed by atoms with Gasteiger partial charge in [-0.2, -0.15) is 5.26 Å². The van der Waals surface area contributed by atoms with Gasteiger partial charge in [-0.1, -0.05) is 18.6 Å². The Hall–Kier alpha value is -2.55. The van der Waals surface area contributed by atoms with Crippen molar-refractivity contribution < 1.29 is 14.3 Å². The molecule has 1 aliphatic rings. The minimum Gasteiger partial charge on any atom is -0.482 e. The molecule has 0 aromatic heterocycles. The summed E-state index contributed by atoms with van der Waals surface area (Å²) in [6, 6.07) is 8.61. The van der Waals surface area contributed by atoms with Crippen LogP contribution in [0.2, 0.25) is 0 Å². The lowest BCUT2D eigenvalue weighted by atomic mass is 9.85. The van der Waals surface area contributed by atoms with E-state index in [2.05, 4.69) is 10.9 Å². The SMILES string of the molecule is N#Cc1ccccc1OCC(=O)NNC(=O)C1CCC1. The van der Waals surface area contributed by atoms with Crippen LogP contribution in [0.25, 0.3) is 0 Å².